The van der Waals surface area contributed by atoms with E-state index < -0.39 is 17.5 Å². The van der Waals surface area contributed by atoms with Crippen molar-refractivity contribution in [3.8, 4) is 0 Å². The van der Waals surface area contributed by atoms with Crippen molar-refractivity contribution in [1.82, 2.24) is 9.97 Å². The average Bonchev–Trinajstić information content (AvgIpc) is 2.64. The van der Waals surface area contributed by atoms with Crippen LogP contribution in [-0.4, -0.2) is 15.9 Å². The third-order valence-corrected chi connectivity index (χ3v) is 4.05. The monoisotopic (exact) mass is 382 g/mol. The van der Waals surface area contributed by atoms with Crippen molar-refractivity contribution in [3.05, 3.63) is 77.6 Å². The fraction of sp³-hybridized carbons (Fsp3) is 0.190. The maximum absolute atomic E-state index is 13.3. The Morgan fingerprint density at radius 2 is 1.75 bits per heavy atom. The number of nitrogens with one attached hydrogen (secondary N) is 2. The van der Waals surface area contributed by atoms with Gasteiger partial charge in [0, 0.05) is 23.6 Å². The molecule has 1 heterocycles. The van der Waals surface area contributed by atoms with Gasteiger partial charge in [0.15, 0.2) is 11.6 Å². The number of benzene rings is 2. The van der Waals surface area contributed by atoms with Gasteiger partial charge < -0.3 is 10.6 Å². The first-order chi connectivity index (χ1) is 13.2. The second-order valence-electron chi connectivity index (χ2n) is 7.27. The van der Waals surface area contributed by atoms with Crippen LogP contribution in [-0.2, 0) is 5.41 Å². The van der Waals surface area contributed by atoms with Crippen molar-refractivity contribution in [1.29, 1.82) is 0 Å². The molecule has 3 aromatic rings. The van der Waals surface area contributed by atoms with E-state index in [4.69, 9.17) is 0 Å². The summed E-state index contributed by atoms with van der Waals surface area (Å²) in [6.07, 6.45) is 1.45. The zero-order chi connectivity index (χ0) is 20.3. The second kappa shape index (κ2) is 7.72. The molecule has 2 N–H and O–H groups in total. The molecule has 0 unspecified atom stereocenters. The number of rotatable bonds is 4. The van der Waals surface area contributed by atoms with Crippen LogP contribution in [0.3, 0.4) is 0 Å². The maximum atomic E-state index is 13.3. The molecule has 5 nitrogen and oxygen atoms in total. The molecule has 3 rings (SSSR count). The summed E-state index contributed by atoms with van der Waals surface area (Å²) in [5, 5.41) is 5.63. The highest BCUT2D eigenvalue weighted by molar-refractivity contribution is 6.03. The van der Waals surface area contributed by atoms with Gasteiger partial charge in [0.05, 0.1) is 0 Å². The summed E-state index contributed by atoms with van der Waals surface area (Å²) in [5.41, 5.74) is 2.06. The summed E-state index contributed by atoms with van der Waals surface area (Å²) in [5.74, 6) is -2.32. The quantitative estimate of drug-likeness (QED) is 0.663. The predicted molar refractivity (Wildman–Crippen MR) is 105 cm³/mol. The first-order valence-corrected chi connectivity index (χ1v) is 8.70. The number of carbonyl (C=O) groups is 1. The van der Waals surface area contributed by atoms with Gasteiger partial charge in [-0.3, -0.25) is 4.79 Å². The number of anilines is 3. The average molecular weight is 382 g/mol. The lowest BCUT2D eigenvalue weighted by molar-refractivity contribution is 0.102. The fourth-order valence-corrected chi connectivity index (χ4v) is 2.68. The van der Waals surface area contributed by atoms with E-state index >= 15 is 0 Å². The number of aromatic nitrogens is 2. The van der Waals surface area contributed by atoms with Crippen LogP contribution < -0.4 is 10.6 Å². The Kier molecular flexibility index (Phi) is 5.35. The molecule has 0 atom stereocenters. The highest BCUT2D eigenvalue weighted by Gasteiger charge is 2.18. The molecule has 7 heteroatoms. The SMILES string of the molecule is CC(C)(C)c1ccccc1Nc1nccc(C(=O)Nc2ccc(F)c(F)c2)n1. The number of para-hydroxylation sites is 1. The van der Waals surface area contributed by atoms with E-state index in [9.17, 15) is 13.6 Å². The van der Waals surface area contributed by atoms with E-state index in [0.29, 0.717) is 0 Å². The van der Waals surface area contributed by atoms with Gasteiger partial charge in [0.25, 0.3) is 5.91 Å². The minimum Gasteiger partial charge on any atom is -0.324 e. The molecule has 0 radical (unpaired) electrons. The molecule has 0 saturated carbocycles. The third-order valence-electron chi connectivity index (χ3n) is 4.05. The lowest BCUT2D eigenvalue weighted by Crippen LogP contribution is -2.16. The van der Waals surface area contributed by atoms with Crippen LogP contribution >= 0.6 is 0 Å². The van der Waals surface area contributed by atoms with Crippen LogP contribution in [0.2, 0.25) is 0 Å². The molecule has 2 aromatic carbocycles. The molecule has 0 aliphatic carbocycles. The zero-order valence-corrected chi connectivity index (χ0v) is 15.8. The van der Waals surface area contributed by atoms with Crippen LogP contribution in [0.1, 0.15) is 36.8 Å². The van der Waals surface area contributed by atoms with Crippen molar-refractivity contribution in [3.63, 3.8) is 0 Å². The summed E-state index contributed by atoms with van der Waals surface area (Å²) < 4.78 is 26.3. The van der Waals surface area contributed by atoms with Crippen molar-refractivity contribution < 1.29 is 13.6 Å². The van der Waals surface area contributed by atoms with E-state index in [0.717, 1.165) is 23.4 Å². The normalized spacial score (nSPS) is 11.2. The van der Waals surface area contributed by atoms with Crippen LogP contribution in [0.5, 0.6) is 0 Å². The number of amides is 1. The lowest BCUT2D eigenvalue weighted by Gasteiger charge is -2.23. The summed E-state index contributed by atoms with van der Waals surface area (Å²) in [4.78, 5) is 20.8. The zero-order valence-electron chi connectivity index (χ0n) is 15.8. The predicted octanol–water partition coefficient (Wildman–Crippen LogP) is 5.05. The molecule has 0 fully saturated rings. The van der Waals surface area contributed by atoms with E-state index in [-0.39, 0.29) is 22.7 Å². The molecule has 0 saturated heterocycles. The van der Waals surface area contributed by atoms with Gasteiger partial charge in [0.2, 0.25) is 5.95 Å². The Labute approximate surface area is 161 Å². The summed E-state index contributed by atoms with van der Waals surface area (Å²) >= 11 is 0. The third kappa shape index (κ3) is 4.49. The van der Waals surface area contributed by atoms with E-state index in [1.807, 2.05) is 24.3 Å². The van der Waals surface area contributed by atoms with Crippen LogP contribution in [0.25, 0.3) is 0 Å². The number of carbonyl (C=O) groups excluding carboxylic acids is 1. The van der Waals surface area contributed by atoms with Gasteiger partial charge in [-0.15, -0.1) is 0 Å². The minimum absolute atomic E-state index is 0.0920. The summed E-state index contributed by atoms with van der Waals surface area (Å²) in [6, 6.07) is 12.4. The van der Waals surface area contributed by atoms with Crippen molar-refractivity contribution in [2.45, 2.75) is 26.2 Å². The standard InChI is InChI=1S/C21H20F2N4O/c1-21(2,3)14-6-4-5-7-17(14)26-20-24-11-10-18(27-20)19(28)25-13-8-9-15(22)16(23)12-13/h4-12H,1-3H3,(H,25,28)(H,24,26,27). The van der Waals surface area contributed by atoms with E-state index in [2.05, 4.69) is 41.4 Å². The largest absolute Gasteiger partial charge is 0.324 e. The molecule has 1 amide bonds. The van der Waals surface area contributed by atoms with Gasteiger partial charge in [-0.2, -0.15) is 0 Å². The van der Waals surface area contributed by atoms with Crippen molar-refractivity contribution in [2.24, 2.45) is 0 Å². The van der Waals surface area contributed by atoms with Crippen LogP contribution in [0, 0.1) is 11.6 Å². The number of hydrogen-bond acceptors (Lipinski definition) is 4. The molecule has 0 spiro atoms. The van der Waals surface area contributed by atoms with E-state index in [1.165, 1.54) is 18.3 Å². The first kappa shape index (κ1) is 19.4. The van der Waals surface area contributed by atoms with Gasteiger partial charge in [-0.25, -0.2) is 18.7 Å². The second-order valence-corrected chi connectivity index (χ2v) is 7.27. The van der Waals surface area contributed by atoms with Crippen molar-refractivity contribution >= 4 is 23.2 Å². The molecule has 144 valence electrons. The number of nitrogens with zero attached hydrogens (tertiary/aromatic N) is 2. The Balaban J connectivity index is 1.81. The smallest absolute Gasteiger partial charge is 0.274 e. The van der Waals surface area contributed by atoms with Crippen molar-refractivity contribution in [2.75, 3.05) is 10.6 Å². The van der Waals surface area contributed by atoms with Gasteiger partial charge in [-0.05, 0) is 35.2 Å². The number of hydrogen-bond donors (Lipinski definition) is 2. The topological polar surface area (TPSA) is 66.9 Å². The fourth-order valence-electron chi connectivity index (χ4n) is 2.68. The molecule has 28 heavy (non-hydrogen) atoms. The highest BCUT2D eigenvalue weighted by Crippen LogP contribution is 2.30. The summed E-state index contributed by atoms with van der Waals surface area (Å²) in [7, 11) is 0. The lowest BCUT2D eigenvalue weighted by atomic mass is 9.86. The molecule has 0 aliphatic rings. The molecule has 0 aliphatic heterocycles. The molecule has 1 aromatic heterocycles. The summed E-state index contributed by atoms with van der Waals surface area (Å²) in [6.45, 7) is 6.29. The Morgan fingerprint density at radius 1 is 1.00 bits per heavy atom. The molecular formula is C21H20F2N4O. The minimum atomic E-state index is -1.04. The van der Waals surface area contributed by atoms with Crippen LogP contribution in [0.15, 0.2) is 54.7 Å². The maximum Gasteiger partial charge on any atom is 0.274 e. The Morgan fingerprint density at radius 3 is 2.46 bits per heavy atom. The number of halogens is 2. The van der Waals surface area contributed by atoms with Crippen LogP contribution in [0.4, 0.5) is 26.1 Å². The molecule has 0 bridgehead atoms. The molecular weight excluding hydrogens is 362 g/mol. The highest BCUT2D eigenvalue weighted by atomic mass is 19.2. The van der Waals surface area contributed by atoms with Gasteiger partial charge in [-0.1, -0.05) is 39.0 Å². The van der Waals surface area contributed by atoms with Gasteiger partial charge >= 0.3 is 0 Å². The van der Waals surface area contributed by atoms with Gasteiger partial charge in [0.1, 0.15) is 5.69 Å². The van der Waals surface area contributed by atoms with E-state index in [1.54, 1.807) is 0 Å². The Bertz CT molecular complexity index is 1020. The first-order valence-electron chi connectivity index (χ1n) is 8.70. The Hall–Kier alpha value is -3.35.